The first-order chi connectivity index (χ1) is 13.7. The molecule has 0 aromatic heterocycles. The minimum Gasteiger partial charge on any atom is -0.497 e. The van der Waals surface area contributed by atoms with Crippen molar-refractivity contribution in [3.63, 3.8) is 0 Å². The molecule has 3 aliphatic rings. The Morgan fingerprint density at radius 3 is 2.61 bits per heavy atom. The van der Waals surface area contributed by atoms with Crippen molar-refractivity contribution in [3.05, 3.63) is 58.1 Å². The van der Waals surface area contributed by atoms with Crippen molar-refractivity contribution in [1.82, 2.24) is 5.01 Å². The zero-order chi connectivity index (χ0) is 19.1. The molecular formula is C23H25BrN2O2. The van der Waals surface area contributed by atoms with E-state index in [0.29, 0.717) is 5.92 Å². The molecule has 0 unspecified atom stereocenters. The number of hydrogen-bond donors (Lipinski definition) is 0. The minimum atomic E-state index is 0.0368. The van der Waals surface area contributed by atoms with Crippen molar-refractivity contribution in [3.8, 4) is 11.5 Å². The zero-order valence-electron chi connectivity index (χ0n) is 16.1. The highest BCUT2D eigenvalue weighted by Crippen LogP contribution is 2.47. The van der Waals surface area contributed by atoms with Gasteiger partial charge in [0.15, 0.2) is 6.23 Å². The molecule has 2 aliphatic heterocycles. The molecule has 2 heterocycles. The maximum atomic E-state index is 6.54. The van der Waals surface area contributed by atoms with E-state index in [4.69, 9.17) is 14.6 Å². The number of rotatable bonds is 3. The fraction of sp³-hybridized carbons (Fsp3) is 0.435. The summed E-state index contributed by atoms with van der Waals surface area (Å²) in [5.41, 5.74) is 3.52. The van der Waals surface area contributed by atoms with Crippen LogP contribution in [0.5, 0.6) is 11.5 Å². The van der Waals surface area contributed by atoms with Gasteiger partial charge in [0, 0.05) is 22.4 Å². The maximum Gasteiger partial charge on any atom is 0.190 e. The molecule has 4 nitrogen and oxygen atoms in total. The van der Waals surface area contributed by atoms with E-state index in [0.717, 1.165) is 33.7 Å². The summed E-state index contributed by atoms with van der Waals surface area (Å²) in [5, 5.41) is 7.34. The Balaban J connectivity index is 1.51. The number of hydrogen-bond acceptors (Lipinski definition) is 4. The van der Waals surface area contributed by atoms with Gasteiger partial charge in [-0.1, -0.05) is 35.2 Å². The van der Waals surface area contributed by atoms with Crippen molar-refractivity contribution in [2.75, 3.05) is 7.11 Å². The molecule has 1 fully saturated rings. The van der Waals surface area contributed by atoms with Crippen molar-refractivity contribution < 1.29 is 9.47 Å². The van der Waals surface area contributed by atoms with Crippen LogP contribution in [0.1, 0.15) is 55.7 Å². The van der Waals surface area contributed by atoms with Gasteiger partial charge in [0.1, 0.15) is 11.5 Å². The first-order valence-electron chi connectivity index (χ1n) is 10.2. The van der Waals surface area contributed by atoms with Crippen LogP contribution in [0.4, 0.5) is 0 Å². The van der Waals surface area contributed by atoms with Gasteiger partial charge in [0.05, 0.1) is 18.9 Å². The van der Waals surface area contributed by atoms with Gasteiger partial charge in [0.2, 0.25) is 0 Å². The largest absolute Gasteiger partial charge is 0.497 e. The molecule has 146 valence electrons. The second-order valence-electron chi connectivity index (χ2n) is 7.96. The van der Waals surface area contributed by atoms with Crippen LogP contribution in [0.2, 0.25) is 0 Å². The highest BCUT2D eigenvalue weighted by Gasteiger charge is 2.43. The molecule has 0 spiro atoms. The van der Waals surface area contributed by atoms with Crippen molar-refractivity contribution >= 4 is 21.6 Å². The molecule has 0 bridgehead atoms. The predicted molar refractivity (Wildman–Crippen MR) is 114 cm³/mol. The average Bonchev–Trinajstić information content (AvgIpc) is 3.20. The van der Waals surface area contributed by atoms with Crippen molar-refractivity contribution in [2.24, 2.45) is 11.0 Å². The van der Waals surface area contributed by atoms with Gasteiger partial charge in [-0.15, -0.1) is 0 Å². The van der Waals surface area contributed by atoms with Gasteiger partial charge in [-0.2, -0.15) is 5.10 Å². The van der Waals surface area contributed by atoms with Gasteiger partial charge in [0.25, 0.3) is 0 Å². The molecule has 2 aromatic carbocycles. The van der Waals surface area contributed by atoms with Crippen LogP contribution in [-0.2, 0) is 0 Å². The van der Waals surface area contributed by atoms with Crippen molar-refractivity contribution in [2.45, 2.75) is 50.8 Å². The van der Waals surface area contributed by atoms with Crippen LogP contribution in [-0.4, -0.2) is 24.1 Å². The van der Waals surface area contributed by atoms with Crippen molar-refractivity contribution in [1.29, 1.82) is 0 Å². The first-order valence-corrected chi connectivity index (χ1v) is 11.0. The van der Waals surface area contributed by atoms with E-state index >= 15 is 0 Å². The molecule has 0 radical (unpaired) electrons. The third-order valence-electron chi connectivity index (χ3n) is 6.26. The minimum absolute atomic E-state index is 0.0368. The highest BCUT2D eigenvalue weighted by molar-refractivity contribution is 9.10. The summed E-state index contributed by atoms with van der Waals surface area (Å²) in [6.45, 7) is 0. The molecule has 5 heteroatoms. The summed E-state index contributed by atoms with van der Waals surface area (Å²) in [5.74, 6) is 2.44. The zero-order valence-corrected chi connectivity index (χ0v) is 17.7. The van der Waals surface area contributed by atoms with Crippen LogP contribution in [0.3, 0.4) is 0 Å². The lowest BCUT2D eigenvalue weighted by molar-refractivity contribution is -0.0644. The normalized spacial score (nSPS) is 24.2. The monoisotopic (exact) mass is 440 g/mol. The Hall–Kier alpha value is -2.01. The Labute approximate surface area is 174 Å². The predicted octanol–water partition coefficient (Wildman–Crippen LogP) is 5.91. The summed E-state index contributed by atoms with van der Waals surface area (Å²) in [6, 6.07) is 14.8. The van der Waals surface area contributed by atoms with Gasteiger partial charge >= 0.3 is 0 Å². The van der Waals surface area contributed by atoms with Gasteiger partial charge < -0.3 is 9.47 Å². The van der Waals surface area contributed by atoms with E-state index in [1.165, 1.54) is 37.7 Å². The number of hydrazone groups is 1. The molecule has 1 saturated carbocycles. The van der Waals surface area contributed by atoms with E-state index in [-0.39, 0.29) is 12.3 Å². The van der Waals surface area contributed by atoms with Gasteiger partial charge in [-0.05, 0) is 60.9 Å². The van der Waals surface area contributed by atoms with E-state index in [2.05, 4.69) is 51.3 Å². The number of methoxy groups -OCH3 is 1. The lowest BCUT2D eigenvalue weighted by atomic mass is 9.86. The standard InChI is InChI=1S/C23H25BrN2O2/c1-27-18-10-7-15(8-11-18)20-14-21-19-13-17(24)9-12-22(19)28-23(26(21)25-20)16-5-3-2-4-6-16/h7-13,16,21,23H,2-6,14H2,1H3/t21-,23-/m0/s1. The number of halogens is 1. The lowest BCUT2D eigenvalue weighted by Crippen LogP contribution is -2.45. The SMILES string of the molecule is COc1ccc(C2=NN3[C@@H](C2)c2cc(Br)ccc2O[C@H]3C2CCCCC2)cc1. The third kappa shape index (κ3) is 3.20. The summed E-state index contributed by atoms with van der Waals surface area (Å²) in [4.78, 5) is 0. The quantitative estimate of drug-likeness (QED) is 0.594. The third-order valence-corrected chi connectivity index (χ3v) is 6.75. The van der Waals surface area contributed by atoms with E-state index in [9.17, 15) is 0 Å². The molecule has 0 saturated heterocycles. The van der Waals surface area contributed by atoms with E-state index in [1.54, 1.807) is 7.11 Å². The van der Waals surface area contributed by atoms with Crippen LogP contribution >= 0.6 is 15.9 Å². The lowest BCUT2D eigenvalue weighted by Gasteiger charge is -2.42. The Morgan fingerprint density at radius 2 is 1.86 bits per heavy atom. The molecule has 2 atom stereocenters. The fourth-order valence-corrected chi connectivity index (χ4v) is 5.15. The van der Waals surface area contributed by atoms with Crippen LogP contribution in [0.15, 0.2) is 52.0 Å². The summed E-state index contributed by atoms with van der Waals surface area (Å²) in [6.07, 6.45) is 7.34. The topological polar surface area (TPSA) is 34.1 Å². The molecule has 5 rings (SSSR count). The maximum absolute atomic E-state index is 6.54. The molecule has 0 amide bonds. The van der Waals surface area contributed by atoms with Crippen LogP contribution < -0.4 is 9.47 Å². The van der Waals surface area contributed by atoms with Gasteiger partial charge in [-0.3, -0.25) is 0 Å². The molecule has 2 aromatic rings. The Kier molecular flexibility index (Phi) is 4.79. The van der Waals surface area contributed by atoms with E-state index < -0.39 is 0 Å². The summed E-state index contributed by atoms with van der Waals surface area (Å²) >= 11 is 3.63. The number of benzene rings is 2. The van der Waals surface area contributed by atoms with Crippen LogP contribution in [0, 0.1) is 5.92 Å². The van der Waals surface area contributed by atoms with E-state index in [1.807, 2.05) is 12.1 Å². The number of nitrogens with zero attached hydrogens (tertiary/aromatic N) is 2. The second-order valence-corrected chi connectivity index (χ2v) is 8.88. The molecular weight excluding hydrogens is 416 g/mol. The summed E-state index contributed by atoms with van der Waals surface area (Å²) in [7, 11) is 1.70. The Bertz CT molecular complexity index is 890. The smallest absolute Gasteiger partial charge is 0.190 e. The molecule has 28 heavy (non-hydrogen) atoms. The number of ether oxygens (including phenoxy) is 2. The van der Waals surface area contributed by atoms with Gasteiger partial charge in [-0.25, -0.2) is 5.01 Å². The highest BCUT2D eigenvalue weighted by atomic mass is 79.9. The Morgan fingerprint density at radius 1 is 1.07 bits per heavy atom. The number of fused-ring (bicyclic) bond motifs is 3. The average molecular weight is 441 g/mol. The first kappa shape index (κ1) is 18.0. The molecule has 0 N–H and O–H groups in total. The summed E-state index contributed by atoms with van der Waals surface area (Å²) < 4.78 is 12.9. The second kappa shape index (κ2) is 7.43. The van der Waals surface area contributed by atoms with Crippen LogP contribution in [0.25, 0.3) is 0 Å². The molecule has 1 aliphatic carbocycles. The fourth-order valence-electron chi connectivity index (χ4n) is 4.77.